The maximum absolute atomic E-state index is 11.7. The van der Waals surface area contributed by atoms with Gasteiger partial charge in [-0.15, -0.1) is 0 Å². The number of carboxylic acids is 1. The molecule has 0 fully saturated rings. The average molecular weight is 239 g/mol. The SMILES string of the molecule is CCC(C)(C)NC(=O)Cn1cnc(C(=O)O)c1. The summed E-state index contributed by atoms with van der Waals surface area (Å²) >= 11 is 0. The van der Waals surface area contributed by atoms with E-state index in [4.69, 9.17) is 5.11 Å². The third-order valence-corrected chi connectivity index (χ3v) is 2.54. The van der Waals surface area contributed by atoms with E-state index in [1.54, 1.807) is 0 Å². The van der Waals surface area contributed by atoms with E-state index in [1.165, 1.54) is 17.1 Å². The molecule has 0 saturated heterocycles. The monoisotopic (exact) mass is 239 g/mol. The van der Waals surface area contributed by atoms with Crippen LogP contribution in [-0.2, 0) is 11.3 Å². The van der Waals surface area contributed by atoms with E-state index in [0.29, 0.717) is 0 Å². The zero-order chi connectivity index (χ0) is 13.1. The molecule has 2 N–H and O–H groups in total. The quantitative estimate of drug-likeness (QED) is 0.799. The van der Waals surface area contributed by atoms with Crippen molar-refractivity contribution in [3.8, 4) is 0 Å². The number of hydrogen-bond acceptors (Lipinski definition) is 3. The van der Waals surface area contributed by atoms with Crippen LogP contribution in [0.4, 0.5) is 0 Å². The minimum absolute atomic E-state index is 0.0625. The molecule has 6 nitrogen and oxygen atoms in total. The second-order valence-electron chi connectivity index (χ2n) is 4.52. The molecular formula is C11H17N3O3. The Hall–Kier alpha value is -1.85. The first kappa shape index (κ1) is 13.2. The van der Waals surface area contributed by atoms with E-state index in [0.717, 1.165) is 6.42 Å². The number of nitrogens with one attached hydrogen (secondary N) is 1. The standard InChI is InChI=1S/C11H17N3O3/c1-4-11(2,3)13-9(15)6-14-5-8(10(16)17)12-7-14/h5,7H,4,6H2,1-3H3,(H,13,15)(H,16,17). The van der Waals surface area contributed by atoms with Crippen molar-refractivity contribution in [3.63, 3.8) is 0 Å². The van der Waals surface area contributed by atoms with Crippen molar-refractivity contribution in [3.05, 3.63) is 18.2 Å². The first-order valence-corrected chi connectivity index (χ1v) is 5.40. The van der Waals surface area contributed by atoms with Crippen molar-refractivity contribution in [2.24, 2.45) is 0 Å². The number of carbonyl (C=O) groups is 2. The van der Waals surface area contributed by atoms with Gasteiger partial charge in [0.15, 0.2) is 5.69 Å². The van der Waals surface area contributed by atoms with Crippen LogP contribution in [0.3, 0.4) is 0 Å². The van der Waals surface area contributed by atoms with Crippen LogP contribution in [0.25, 0.3) is 0 Å². The lowest BCUT2D eigenvalue weighted by Crippen LogP contribution is -2.44. The highest BCUT2D eigenvalue weighted by molar-refractivity contribution is 5.85. The number of rotatable bonds is 5. The molecule has 6 heteroatoms. The molecule has 0 aliphatic heterocycles. The van der Waals surface area contributed by atoms with Crippen LogP contribution in [0, 0.1) is 0 Å². The van der Waals surface area contributed by atoms with Crippen molar-refractivity contribution in [1.29, 1.82) is 0 Å². The lowest BCUT2D eigenvalue weighted by Gasteiger charge is -2.24. The van der Waals surface area contributed by atoms with E-state index in [9.17, 15) is 9.59 Å². The van der Waals surface area contributed by atoms with Gasteiger partial charge in [0, 0.05) is 11.7 Å². The zero-order valence-corrected chi connectivity index (χ0v) is 10.2. The molecule has 0 atom stereocenters. The Morgan fingerprint density at radius 1 is 1.53 bits per heavy atom. The van der Waals surface area contributed by atoms with E-state index in [-0.39, 0.29) is 23.7 Å². The number of amides is 1. The predicted molar refractivity (Wildman–Crippen MR) is 61.7 cm³/mol. The summed E-state index contributed by atoms with van der Waals surface area (Å²) in [6.07, 6.45) is 3.49. The lowest BCUT2D eigenvalue weighted by atomic mass is 10.0. The van der Waals surface area contributed by atoms with Gasteiger partial charge < -0.3 is 15.0 Å². The molecule has 1 amide bonds. The second-order valence-corrected chi connectivity index (χ2v) is 4.52. The van der Waals surface area contributed by atoms with Crippen molar-refractivity contribution < 1.29 is 14.7 Å². The number of aromatic nitrogens is 2. The molecule has 94 valence electrons. The molecule has 0 aromatic carbocycles. The molecule has 1 heterocycles. The van der Waals surface area contributed by atoms with Crippen LogP contribution in [0.1, 0.15) is 37.7 Å². The molecule has 0 radical (unpaired) electrons. The van der Waals surface area contributed by atoms with Crippen LogP contribution in [0.2, 0.25) is 0 Å². The fourth-order valence-corrected chi connectivity index (χ4v) is 1.23. The Kier molecular flexibility index (Phi) is 3.88. The minimum atomic E-state index is -1.10. The molecule has 0 aliphatic rings. The Labute approximate surface area is 99.7 Å². The molecule has 1 aromatic heterocycles. The molecule has 0 spiro atoms. The van der Waals surface area contributed by atoms with Gasteiger partial charge in [0.25, 0.3) is 0 Å². The molecule has 0 bridgehead atoms. The van der Waals surface area contributed by atoms with Gasteiger partial charge in [0.1, 0.15) is 6.54 Å². The van der Waals surface area contributed by atoms with Gasteiger partial charge in [-0.1, -0.05) is 6.92 Å². The Balaban J connectivity index is 2.59. The van der Waals surface area contributed by atoms with Crippen molar-refractivity contribution >= 4 is 11.9 Å². The topological polar surface area (TPSA) is 84.2 Å². The van der Waals surface area contributed by atoms with E-state index in [2.05, 4.69) is 10.3 Å². The summed E-state index contributed by atoms with van der Waals surface area (Å²) in [4.78, 5) is 25.9. The van der Waals surface area contributed by atoms with Gasteiger partial charge in [-0.25, -0.2) is 9.78 Å². The molecule has 0 unspecified atom stereocenters. The average Bonchev–Trinajstić information content (AvgIpc) is 2.65. The van der Waals surface area contributed by atoms with E-state index < -0.39 is 5.97 Å². The number of nitrogens with zero attached hydrogens (tertiary/aromatic N) is 2. The summed E-state index contributed by atoms with van der Waals surface area (Å²) in [6, 6.07) is 0. The summed E-state index contributed by atoms with van der Waals surface area (Å²) in [5.41, 5.74) is -0.319. The summed E-state index contributed by atoms with van der Waals surface area (Å²) in [5, 5.41) is 11.5. The maximum Gasteiger partial charge on any atom is 0.356 e. The summed E-state index contributed by atoms with van der Waals surface area (Å²) < 4.78 is 1.45. The Morgan fingerprint density at radius 3 is 2.65 bits per heavy atom. The smallest absolute Gasteiger partial charge is 0.356 e. The highest BCUT2D eigenvalue weighted by Crippen LogP contribution is 2.06. The van der Waals surface area contributed by atoms with Gasteiger partial charge in [-0.05, 0) is 20.3 Å². The summed E-state index contributed by atoms with van der Waals surface area (Å²) in [6.45, 7) is 5.92. The predicted octanol–water partition coefficient (Wildman–Crippen LogP) is 0.886. The van der Waals surface area contributed by atoms with Gasteiger partial charge in [-0.2, -0.15) is 0 Å². The van der Waals surface area contributed by atoms with Gasteiger partial charge in [-0.3, -0.25) is 4.79 Å². The number of carbonyl (C=O) groups excluding carboxylic acids is 1. The van der Waals surface area contributed by atoms with Crippen LogP contribution >= 0.6 is 0 Å². The molecule has 0 saturated carbocycles. The van der Waals surface area contributed by atoms with Gasteiger partial charge in [0.05, 0.1) is 6.33 Å². The Bertz CT molecular complexity index is 423. The molecule has 17 heavy (non-hydrogen) atoms. The first-order valence-electron chi connectivity index (χ1n) is 5.40. The second kappa shape index (κ2) is 4.99. The highest BCUT2D eigenvalue weighted by atomic mass is 16.4. The van der Waals surface area contributed by atoms with Crippen LogP contribution in [-0.4, -0.2) is 32.1 Å². The largest absolute Gasteiger partial charge is 0.476 e. The van der Waals surface area contributed by atoms with Crippen molar-refractivity contribution in [2.75, 3.05) is 0 Å². The molecule has 1 aromatic rings. The molecule has 0 aliphatic carbocycles. The molecule has 1 rings (SSSR count). The Morgan fingerprint density at radius 2 is 2.18 bits per heavy atom. The van der Waals surface area contributed by atoms with Crippen LogP contribution in [0.5, 0.6) is 0 Å². The number of hydrogen-bond donors (Lipinski definition) is 2. The summed E-state index contributed by atoms with van der Waals surface area (Å²) in [5.74, 6) is -1.26. The molecular weight excluding hydrogens is 222 g/mol. The highest BCUT2D eigenvalue weighted by Gasteiger charge is 2.18. The van der Waals surface area contributed by atoms with E-state index in [1.807, 2.05) is 20.8 Å². The minimum Gasteiger partial charge on any atom is -0.476 e. The fourth-order valence-electron chi connectivity index (χ4n) is 1.23. The number of aromatic carboxylic acids is 1. The fraction of sp³-hybridized carbons (Fsp3) is 0.545. The van der Waals surface area contributed by atoms with Crippen molar-refractivity contribution in [1.82, 2.24) is 14.9 Å². The third-order valence-electron chi connectivity index (χ3n) is 2.54. The van der Waals surface area contributed by atoms with Gasteiger partial charge >= 0.3 is 5.97 Å². The third kappa shape index (κ3) is 3.90. The van der Waals surface area contributed by atoms with Gasteiger partial charge in [0.2, 0.25) is 5.91 Å². The number of carboxylic acid groups (broad SMARTS) is 1. The van der Waals surface area contributed by atoms with Crippen molar-refractivity contribution in [2.45, 2.75) is 39.3 Å². The zero-order valence-electron chi connectivity index (χ0n) is 10.2. The number of imidazole rings is 1. The first-order chi connectivity index (χ1) is 7.84. The normalized spacial score (nSPS) is 11.2. The lowest BCUT2D eigenvalue weighted by molar-refractivity contribution is -0.123. The maximum atomic E-state index is 11.7. The van der Waals surface area contributed by atoms with Crippen LogP contribution in [0.15, 0.2) is 12.5 Å². The van der Waals surface area contributed by atoms with Crippen LogP contribution < -0.4 is 5.32 Å². The van der Waals surface area contributed by atoms with E-state index >= 15 is 0 Å². The summed E-state index contributed by atoms with van der Waals surface area (Å²) in [7, 11) is 0.